The first kappa shape index (κ1) is 19.2. The number of carbonyl (C=O) groups excluding carboxylic acids is 1. The quantitative estimate of drug-likeness (QED) is 0.681. The molecule has 7 nitrogen and oxygen atoms in total. The Balaban J connectivity index is 1.66. The van der Waals surface area contributed by atoms with Gasteiger partial charge < -0.3 is 14.8 Å². The van der Waals surface area contributed by atoms with Gasteiger partial charge in [0.15, 0.2) is 0 Å². The molecule has 0 aliphatic carbocycles. The molecule has 28 heavy (non-hydrogen) atoms. The summed E-state index contributed by atoms with van der Waals surface area (Å²) in [6, 6.07) is 17.4. The zero-order valence-electron chi connectivity index (χ0n) is 15.7. The van der Waals surface area contributed by atoms with Crippen LogP contribution in [-0.2, 0) is 6.54 Å². The Morgan fingerprint density at radius 1 is 1.00 bits per heavy atom. The molecule has 2 aromatic carbocycles. The summed E-state index contributed by atoms with van der Waals surface area (Å²) in [5.74, 6) is 1.12. The van der Waals surface area contributed by atoms with E-state index in [4.69, 9.17) is 9.47 Å². The van der Waals surface area contributed by atoms with Gasteiger partial charge in [0.25, 0.3) is 11.5 Å². The van der Waals surface area contributed by atoms with Crippen molar-refractivity contribution in [2.24, 2.45) is 0 Å². The largest absolute Gasteiger partial charge is 0.497 e. The molecule has 1 aromatic heterocycles. The van der Waals surface area contributed by atoms with Gasteiger partial charge >= 0.3 is 0 Å². The van der Waals surface area contributed by atoms with Gasteiger partial charge in [-0.05, 0) is 48.5 Å². The molecule has 0 unspecified atom stereocenters. The minimum Gasteiger partial charge on any atom is -0.497 e. The zero-order chi connectivity index (χ0) is 19.9. The molecule has 3 rings (SSSR count). The summed E-state index contributed by atoms with van der Waals surface area (Å²) >= 11 is 0. The maximum absolute atomic E-state index is 12.3. The number of amides is 1. The second-order valence-corrected chi connectivity index (χ2v) is 6.00. The third-order valence-corrected chi connectivity index (χ3v) is 4.19. The maximum atomic E-state index is 12.3. The third-order valence-electron chi connectivity index (χ3n) is 4.19. The van der Waals surface area contributed by atoms with Crippen molar-refractivity contribution in [1.82, 2.24) is 15.1 Å². The van der Waals surface area contributed by atoms with E-state index in [1.54, 1.807) is 44.6 Å². The van der Waals surface area contributed by atoms with Crippen LogP contribution in [0.4, 0.5) is 0 Å². The van der Waals surface area contributed by atoms with Crippen molar-refractivity contribution in [2.75, 3.05) is 20.8 Å². The lowest BCUT2D eigenvalue weighted by atomic mass is 10.1. The van der Waals surface area contributed by atoms with Crippen molar-refractivity contribution < 1.29 is 14.3 Å². The van der Waals surface area contributed by atoms with Crippen molar-refractivity contribution in [3.05, 3.63) is 76.6 Å². The number of rotatable bonds is 7. The minimum atomic E-state index is -0.238. The van der Waals surface area contributed by atoms with Crippen molar-refractivity contribution in [3.63, 3.8) is 0 Å². The molecule has 0 saturated heterocycles. The molecule has 0 spiro atoms. The molecule has 0 atom stereocenters. The number of hydrogen-bond donors (Lipinski definition) is 1. The number of carbonyl (C=O) groups is 1. The monoisotopic (exact) mass is 379 g/mol. The van der Waals surface area contributed by atoms with Gasteiger partial charge in [-0.3, -0.25) is 9.59 Å². The van der Waals surface area contributed by atoms with Crippen LogP contribution < -0.4 is 20.3 Å². The van der Waals surface area contributed by atoms with Gasteiger partial charge in [0, 0.05) is 23.7 Å². The molecule has 1 N–H and O–H groups in total. The van der Waals surface area contributed by atoms with Crippen LogP contribution in [0.15, 0.2) is 65.5 Å². The number of hydrogen-bond acceptors (Lipinski definition) is 5. The van der Waals surface area contributed by atoms with Crippen LogP contribution in [0.25, 0.3) is 11.3 Å². The standard InChI is InChI=1S/C21H21N3O4/c1-27-17-8-6-15(7-9-17)19-10-11-20(25)24(23-19)13-12-22-21(26)16-4-3-5-18(14-16)28-2/h3-11,14H,12-13H2,1-2H3,(H,22,26). The fraction of sp³-hybridized carbons (Fsp3) is 0.190. The average Bonchev–Trinajstić information content (AvgIpc) is 2.75. The second-order valence-electron chi connectivity index (χ2n) is 6.00. The molecule has 7 heteroatoms. The van der Waals surface area contributed by atoms with Gasteiger partial charge in [-0.2, -0.15) is 5.10 Å². The number of nitrogens with zero attached hydrogens (tertiary/aromatic N) is 2. The molecule has 0 aliphatic heterocycles. The predicted molar refractivity (Wildman–Crippen MR) is 106 cm³/mol. The summed E-state index contributed by atoms with van der Waals surface area (Å²) in [5, 5.41) is 7.18. The lowest BCUT2D eigenvalue weighted by Crippen LogP contribution is -2.31. The molecular weight excluding hydrogens is 358 g/mol. The molecule has 0 radical (unpaired) electrons. The van der Waals surface area contributed by atoms with E-state index in [1.807, 2.05) is 24.3 Å². The highest BCUT2D eigenvalue weighted by molar-refractivity contribution is 5.94. The number of methoxy groups -OCH3 is 2. The topological polar surface area (TPSA) is 82.5 Å². The first-order valence-corrected chi connectivity index (χ1v) is 8.75. The molecule has 144 valence electrons. The molecule has 0 saturated carbocycles. The molecule has 1 heterocycles. The normalized spacial score (nSPS) is 10.4. The Hall–Kier alpha value is -3.61. The van der Waals surface area contributed by atoms with E-state index in [-0.39, 0.29) is 24.6 Å². The summed E-state index contributed by atoms with van der Waals surface area (Å²) in [6.07, 6.45) is 0. The van der Waals surface area contributed by atoms with E-state index in [0.29, 0.717) is 17.0 Å². The molecule has 0 aliphatic rings. The van der Waals surface area contributed by atoms with Crippen LogP contribution in [-0.4, -0.2) is 36.5 Å². The van der Waals surface area contributed by atoms with Gasteiger partial charge in [0.1, 0.15) is 11.5 Å². The van der Waals surface area contributed by atoms with Crippen molar-refractivity contribution >= 4 is 5.91 Å². The smallest absolute Gasteiger partial charge is 0.266 e. The van der Waals surface area contributed by atoms with Gasteiger partial charge in [-0.1, -0.05) is 6.07 Å². The van der Waals surface area contributed by atoms with E-state index in [2.05, 4.69) is 10.4 Å². The summed E-state index contributed by atoms with van der Waals surface area (Å²) in [6.45, 7) is 0.535. The zero-order valence-corrected chi connectivity index (χ0v) is 15.7. The summed E-state index contributed by atoms with van der Waals surface area (Å²) < 4.78 is 11.6. The van der Waals surface area contributed by atoms with Gasteiger partial charge in [-0.15, -0.1) is 0 Å². The fourth-order valence-corrected chi connectivity index (χ4v) is 2.67. The molecule has 1 amide bonds. The molecule has 0 fully saturated rings. The second kappa shape index (κ2) is 8.85. The summed E-state index contributed by atoms with van der Waals surface area (Å²) in [4.78, 5) is 24.3. The maximum Gasteiger partial charge on any atom is 0.266 e. The van der Waals surface area contributed by atoms with Crippen molar-refractivity contribution in [2.45, 2.75) is 6.54 Å². The van der Waals surface area contributed by atoms with Crippen molar-refractivity contribution in [1.29, 1.82) is 0 Å². The number of nitrogens with one attached hydrogen (secondary N) is 1. The van der Waals surface area contributed by atoms with Crippen molar-refractivity contribution in [3.8, 4) is 22.8 Å². The lowest BCUT2D eigenvalue weighted by molar-refractivity contribution is 0.0951. The Kier molecular flexibility index (Phi) is 6.06. The minimum absolute atomic E-state index is 0.229. The first-order chi connectivity index (χ1) is 13.6. The van der Waals surface area contributed by atoms with Crippen LogP contribution >= 0.6 is 0 Å². The Labute approximate surface area is 162 Å². The van der Waals surface area contributed by atoms with Crippen LogP contribution in [0.3, 0.4) is 0 Å². The molecule has 0 bridgehead atoms. The Morgan fingerprint density at radius 2 is 1.75 bits per heavy atom. The third kappa shape index (κ3) is 4.56. The number of benzene rings is 2. The van der Waals surface area contributed by atoms with E-state index >= 15 is 0 Å². The highest BCUT2D eigenvalue weighted by atomic mass is 16.5. The first-order valence-electron chi connectivity index (χ1n) is 8.75. The van der Waals surface area contributed by atoms with E-state index in [9.17, 15) is 9.59 Å². The van der Waals surface area contributed by atoms with Gasteiger partial charge in [0.2, 0.25) is 0 Å². The predicted octanol–water partition coefficient (Wildman–Crippen LogP) is 2.36. The molecular formula is C21H21N3O4. The van der Waals surface area contributed by atoms with Gasteiger partial charge in [0.05, 0.1) is 26.5 Å². The summed E-state index contributed by atoms with van der Waals surface area (Å²) in [5.41, 5.74) is 1.80. The Bertz CT molecular complexity index is 1010. The summed E-state index contributed by atoms with van der Waals surface area (Å²) in [7, 11) is 3.15. The molecule has 3 aromatic rings. The van der Waals surface area contributed by atoms with E-state index in [0.717, 1.165) is 11.3 Å². The highest BCUT2D eigenvalue weighted by Gasteiger charge is 2.08. The SMILES string of the molecule is COc1ccc(-c2ccc(=O)n(CCNC(=O)c3cccc(OC)c3)n2)cc1. The van der Waals surface area contributed by atoms with E-state index in [1.165, 1.54) is 10.7 Å². The van der Waals surface area contributed by atoms with Crippen LogP contribution in [0.5, 0.6) is 11.5 Å². The van der Waals surface area contributed by atoms with Crippen LogP contribution in [0.1, 0.15) is 10.4 Å². The van der Waals surface area contributed by atoms with Crippen LogP contribution in [0, 0.1) is 0 Å². The fourth-order valence-electron chi connectivity index (χ4n) is 2.67. The van der Waals surface area contributed by atoms with Crippen LogP contribution in [0.2, 0.25) is 0 Å². The number of ether oxygens (including phenoxy) is 2. The Morgan fingerprint density at radius 3 is 2.46 bits per heavy atom. The van der Waals surface area contributed by atoms with Gasteiger partial charge in [-0.25, -0.2) is 4.68 Å². The number of aromatic nitrogens is 2. The average molecular weight is 379 g/mol. The lowest BCUT2D eigenvalue weighted by Gasteiger charge is -2.09. The highest BCUT2D eigenvalue weighted by Crippen LogP contribution is 2.19. The van der Waals surface area contributed by atoms with E-state index < -0.39 is 0 Å².